The van der Waals surface area contributed by atoms with Gasteiger partial charge in [0.2, 0.25) is 0 Å². The monoisotopic (exact) mass is 428 g/mol. The number of carbonyl (C=O) groups is 2. The van der Waals surface area contributed by atoms with Crippen LogP contribution in [0.3, 0.4) is 0 Å². The number of hydrogen-bond donors (Lipinski definition) is 0. The van der Waals surface area contributed by atoms with Crippen molar-refractivity contribution in [3.05, 3.63) is 106 Å². The first kappa shape index (κ1) is 19.6. The Morgan fingerprint density at radius 2 is 1.48 bits per heavy atom. The molecule has 0 saturated carbocycles. The molecule has 3 aromatic carbocycles. The van der Waals surface area contributed by atoms with Crippen molar-refractivity contribution in [2.45, 2.75) is 19.9 Å². The summed E-state index contributed by atoms with van der Waals surface area (Å²) in [5, 5.41) is 0.588. The number of hydrogen-bond acceptors (Lipinski definition) is 3. The van der Waals surface area contributed by atoms with Crippen LogP contribution in [0.15, 0.2) is 78.5 Å². The molecule has 3 aromatic rings. The number of fused-ring (bicyclic) bond motifs is 1. The second-order valence-electron chi connectivity index (χ2n) is 7.95. The Morgan fingerprint density at radius 3 is 2.19 bits per heavy atom. The second kappa shape index (κ2) is 7.71. The highest BCUT2D eigenvalue weighted by Crippen LogP contribution is 2.37. The van der Waals surface area contributed by atoms with E-state index in [4.69, 9.17) is 11.6 Å². The van der Waals surface area contributed by atoms with Gasteiger partial charge in [0.1, 0.15) is 5.70 Å². The van der Waals surface area contributed by atoms with Crippen molar-refractivity contribution in [2.24, 2.45) is 0 Å². The number of benzene rings is 3. The number of aryl methyl sites for hydroxylation is 1. The van der Waals surface area contributed by atoms with E-state index < -0.39 is 0 Å². The number of imide groups is 1. The standard InChI is InChI=1S/C26H21ClN2O2/c1-17-6-12-22(13-7-17)29-25(30)23(19-8-10-21(27)11-9-19)24(26(29)31)28-15-14-18-4-2-3-5-20(18)16-28/h2-13H,14-16H2,1H3. The van der Waals surface area contributed by atoms with Crippen LogP contribution < -0.4 is 4.90 Å². The average molecular weight is 429 g/mol. The number of carbonyl (C=O) groups excluding carboxylic acids is 2. The van der Waals surface area contributed by atoms with E-state index in [9.17, 15) is 9.59 Å². The van der Waals surface area contributed by atoms with Crippen molar-refractivity contribution in [1.82, 2.24) is 4.90 Å². The lowest BCUT2D eigenvalue weighted by molar-refractivity contribution is -0.120. The van der Waals surface area contributed by atoms with E-state index in [1.807, 2.05) is 48.2 Å². The summed E-state index contributed by atoms with van der Waals surface area (Å²) < 4.78 is 0. The van der Waals surface area contributed by atoms with Gasteiger partial charge in [-0.2, -0.15) is 0 Å². The molecule has 4 nitrogen and oxygen atoms in total. The van der Waals surface area contributed by atoms with Crippen molar-refractivity contribution in [3.63, 3.8) is 0 Å². The lowest BCUT2D eigenvalue weighted by atomic mass is 9.98. The molecule has 2 aliphatic heterocycles. The molecule has 2 aliphatic rings. The van der Waals surface area contributed by atoms with E-state index in [1.165, 1.54) is 16.0 Å². The zero-order chi connectivity index (χ0) is 21.5. The normalized spacial score (nSPS) is 16.2. The predicted molar refractivity (Wildman–Crippen MR) is 123 cm³/mol. The molecule has 0 N–H and O–H groups in total. The van der Waals surface area contributed by atoms with Crippen LogP contribution in [-0.2, 0) is 22.6 Å². The molecule has 154 valence electrons. The van der Waals surface area contributed by atoms with Crippen molar-refractivity contribution < 1.29 is 9.59 Å². The number of amides is 2. The third-order valence-corrected chi connectivity index (χ3v) is 6.18. The lowest BCUT2D eigenvalue weighted by Crippen LogP contribution is -2.37. The van der Waals surface area contributed by atoms with Gasteiger partial charge in [-0.15, -0.1) is 0 Å². The van der Waals surface area contributed by atoms with Crippen LogP contribution in [0.1, 0.15) is 22.3 Å². The number of rotatable bonds is 3. The fourth-order valence-electron chi connectivity index (χ4n) is 4.30. The summed E-state index contributed by atoms with van der Waals surface area (Å²) in [5.74, 6) is -0.580. The number of nitrogens with zero attached hydrogens (tertiary/aromatic N) is 2. The maximum absolute atomic E-state index is 13.6. The highest BCUT2D eigenvalue weighted by Gasteiger charge is 2.43. The van der Waals surface area contributed by atoms with Crippen LogP contribution in [-0.4, -0.2) is 23.3 Å². The van der Waals surface area contributed by atoms with Gasteiger partial charge in [-0.05, 0) is 54.3 Å². The SMILES string of the molecule is Cc1ccc(N2C(=O)C(c3ccc(Cl)cc3)=C(N3CCc4ccccc4C3)C2=O)cc1. The molecular formula is C26H21ClN2O2. The first-order valence-electron chi connectivity index (χ1n) is 10.3. The first-order valence-corrected chi connectivity index (χ1v) is 10.7. The Bertz CT molecular complexity index is 1210. The molecule has 0 radical (unpaired) electrons. The maximum atomic E-state index is 13.6. The van der Waals surface area contributed by atoms with Gasteiger partial charge >= 0.3 is 0 Å². The van der Waals surface area contributed by atoms with Gasteiger partial charge in [0, 0.05) is 18.1 Å². The van der Waals surface area contributed by atoms with E-state index in [0.29, 0.717) is 40.6 Å². The largest absolute Gasteiger partial charge is 0.362 e. The predicted octanol–water partition coefficient (Wildman–Crippen LogP) is 4.99. The summed E-state index contributed by atoms with van der Waals surface area (Å²) in [5.41, 5.74) is 5.72. The van der Waals surface area contributed by atoms with E-state index in [-0.39, 0.29) is 11.8 Å². The smallest absolute Gasteiger partial charge is 0.282 e. The summed E-state index contributed by atoms with van der Waals surface area (Å²) in [4.78, 5) is 30.5. The third kappa shape index (κ3) is 3.43. The third-order valence-electron chi connectivity index (χ3n) is 5.93. The Morgan fingerprint density at radius 1 is 0.806 bits per heavy atom. The number of halogens is 1. The minimum Gasteiger partial charge on any atom is -0.362 e. The fourth-order valence-corrected chi connectivity index (χ4v) is 4.43. The fraction of sp³-hybridized carbons (Fsp3) is 0.154. The van der Waals surface area contributed by atoms with Crippen molar-refractivity contribution in [2.75, 3.05) is 11.4 Å². The Kier molecular flexibility index (Phi) is 4.87. The van der Waals surface area contributed by atoms with Gasteiger partial charge < -0.3 is 4.90 Å². The van der Waals surface area contributed by atoms with E-state index in [0.717, 1.165) is 12.0 Å². The van der Waals surface area contributed by atoms with Gasteiger partial charge in [-0.3, -0.25) is 9.59 Å². The molecular weight excluding hydrogens is 408 g/mol. The Hall–Kier alpha value is -3.37. The maximum Gasteiger partial charge on any atom is 0.282 e. The van der Waals surface area contributed by atoms with Crippen LogP contribution in [0.4, 0.5) is 5.69 Å². The highest BCUT2D eigenvalue weighted by atomic mass is 35.5. The summed E-state index contributed by atoms with van der Waals surface area (Å²) in [6.45, 7) is 3.26. The molecule has 2 amide bonds. The van der Waals surface area contributed by atoms with Gasteiger partial charge in [-0.1, -0.05) is 65.7 Å². The molecule has 5 rings (SSSR count). The molecule has 0 aliphatic carbocycles. The molecule has 0 unspecified atom stereocenters. The van der Waals surface area contributed by atoms with Crippen molar-refractivity contribution in [1.29, 1.82) is 0 Å². The summed E-state index contributed by atoms with van der Waals surface area (Å²) >= 11 is 6.08. The molecule has 31 heavy (non-hydrogen) atoms. The molecule has 0 bridgehead atoms. The van der Waals surface area contributed by atoms with E-state index >= 15 is 0 Å². The van der Waals surface area contributed by atoms with Crippen LogP contribution in [0.2, 0.25) is 5.02 Å². The van der Waals surface area contributed by atoms with Crippen LogP contribution in [0.25, 0.3) is 5.57 Å². The Balaban J connectivity index is 1.61. The minimum atomic E-state index is -0.301. The molecule has 0 fully saturated rings. The van der Waals surface area contributed by atoms with E-state index in [2.05, 4.69) is 12.1 Å². The second-order valence-corrected chi connectivity index (χ2v) is 8.39. The lowest BCUT2D eigenvalue weighted by Gasteiger charge is -2.31. The molecule has 0 aromatic heterocycles. The molecule has 5 heteroatoms. The summed E-state index contributed by atoms with van der Waals surface area (Å²) in [6.07, 6.45) is 0.833. The van der Waals surface area contributed by atoms with Crippen LogP contribution in [0, 0.1) is 6.92 Å². The number of anilines is 1. The quantitative estimate of drug-likeness (QED) is 0.552. The van der Waals surface area contributed by atoms with Gasteiger partial charge in [0.15, 0.2) is 0 Å². The minimum absolute atomic E-state index is 0.279. The molecule has 2 heterocycles. The van der Waals surface area contributed by atoms with Gasteiger partial charge in [0.05, 0.1) is 11.3 Å². The average Bonchev–Trinajstić information content (AvgIpc) is 3.05. The Labute approximate surface area is 186 Å². The van der Waals surface area contributed by atoms with Crippen molar-refractivity contribution >= 4 is 34.7 Å². The highest BCUT2D eigenvalue weighted by molar-refractivity contribution is 6.45. The molecule has 0 atom stereocenters. The van der Waals surface area contributed by atoms with Gasteiger partial charge in [-0.25, -0.2) is 4.90 Å². The van der Waals surface area contributed by atoms with E-state index in [1.54, 1.807) is 24.3 Å². The molecule has 0 saturated heterocycles. The zero-order valence-corrected chi connectivity index (χ0v) is 17.9. The zero-order valence-electron chi connectivity index (χ0n) is 17.1. The first-order chi connectivity index (χ1) is 15.0. The summed E-state index contributed by atoms with van der Waals surface area (Å²) in [6, 6.07) is 22.8. The van der Waals surface area contributed by atoms with Crippen molar-refractivity contribution in [3.8, 4) is 0 Å². The molecule has 0 spiro atoms. The van der Waals surface area contributed by atoms with Crippen LogP contribution >= 0.6 is 11.6 Å². The topological polar surface area (TPSA) is 40.6 Å². The van der Waals surface area contributed by atoms with Gasteiger partial charge in [0.25, 0.3) is 11.8 Å². The van der Waals surface area contributed by atoms with Crippen LogP contribution in [0.5, 0.6) is 0 Å². The summed E-state index contributed by atoms with van der Waals surface area (Å²) in [7, 11) is 0.